The molecule has 1 unspecified atom stereocenters. The van der Waals surface area contributed by atoms with Crippen LogP contribution in [0.4, 0.5) is 0 Å². The van der Waals surface area contributed by atoms with E-state index >= 15 is 0 Å². The van der Waals surface area contributed by atoms with Gasteiger partial charge in [0.1, 0.15) is 0 Å². The van der Waals surface area contributed by atoms with Crippen molar-refractivity contribution in [3.05, 3.63) is 30.3 Å². The van der Waals surface area contributed by atoms with Crippen LogP contribution in [0.3, 0.4) is 0 Å². The van der Waals surface area contributed by atoms with Gasteiger partial charge in [0.2, 0.25) is 0 Å². The molecule has 1 aliphatic rings. The van der Waals surface area contributed by atoms with Crippen molar-refractivity contribution in [1.29, 1.82) is 0 Å². The third-order valence-electron chi connectivity index (χ3n) is 1.88. The number of ether oxygens (including phenoxy) is 1. The third kappa shape index (κ3) is 2.81. The zero-order valence-electron chi connectivity index (χ0n) is 7.31. The van der Waals surface area contributed by atoms with Crippen LogP contribution in [0.5, 0.6) is 0 Å². The predicted octanol–water partition coefficient (Wildman–Crippen LogP) is 1.08. The van der Waals surface area contributed by atoms with E-state index in [0.29, 0.717) is 0 Å². The molecule has 1 atom stereocenters. The average molecular weight is 243 g/mol. The zero-order chi connectivity index (χ0) is 8.93. The van der Waals surface area contributed by atoms with Gasteiger partial charge >= 0.3 is 84.4 Å². The number of hydrogen-bond donors (Lipinski definition) is 0. The van der Waals surface area contributed by atoms with Crippen LogP contribution in [0.2, 0.25) is 0 Å². The molecule has 1 fully saturated rings. The molecule has 1 aromatic carbocycles. The summed E-state index contributed by atoms with van der Waals surface area (Å²) < 4.78 is 12.3. The van der Waals surface area contributed by atoms with Gasteiger partial charge in [-0.1, -0.05) is 0 Å². The molecule has 2 nitrogen and oxygen atoms in total. The van der Waals surface area contributed by atoms with Crippen LogP contribution >= 0.6 is 0 Å². The Kier molecular flexibility index (Phi) is 3.39. The molecule has 0 aromatic heterocycles. The van der Waals surface area contributed by atoms with Crippen molar-refractivity contribution in [3.8, 4) is 0 Å². The first-order chi connectivity index (χ1) is 6.45. The zero-order valence-corrected chi connectivity index (χ0v) is 9.02. The van der Waals surface area contributed by atoms with Crippen molar-refractivity contribution in [2.24, 2.45) is 0 Å². The topological polar surface area (TPSA) is 18.5 Å². The molecule has 1 aliphatic heterocycles. The van der Waals surface area contributed by atoms with Gasteiger partial charge in [-0.05, 0) is 0 Å². The van der Waals surface area contributed by atoms with Gasteiger partial charge in [-0.3, -0.25) is 0 Å². The van der Waals surface area contributed by atoms with Crippen LogP contribution in [0, 0.1) is 0 Å². The Morgan fingerprint density at radius 1 is 1.31 bits per heavy atom. The molecule has 1 aromatic rings. The summed E-state index contributed by atoms with van der Waals surface area (Å²) in [6.07, 6.45) is 2.24. The monoisotopic (exact) mass is 244 g/mol. The Hall–Kier alpha value is -0.341. The first-order valence-electron chi connectivity index (χ1n) is 4.45. The molecule has 0 N–H and O–H groups in total. The minimum atomic E-state index is 0.0557. The number of benzene rings is 1. The second-order valence-corrected chi connectivity index (χ2v) is 4.68. The average Bonchev–Trinajstić information content (AvgIpc) is 2.69. The summed E-state index contributed by atoms with van der Waals surface area (Å²) in [6, 6.07) is 10.3. The Balaban J connectivity index is 1.79. The standard InChI is InChI=1S/C10H12O2Se/c1-2-5-9(6-3-1)13-12-10-7-4-8-11-10/h1-3,5-6,10H,4,7-8H2. The molecule has 13 heavy (non-hydrogen) atoms. The van der Waals surface area contributed by atoms with Crippen LogP contribution in [0.25, 0.3) is 0 Å². The third-order valence-corrected chi connectivity index (χ3v) is 3.51. The van der Waals surface area contributed by atoms with E-state index in [4.69, 9.17) is 8.56 Å². The summed E-state index contributed by atoms with van der Waals surface area (Å²) in [4.78, 5) is 0. The molecule has 3 heteroatoms. The van der Waals surface area contributed by atoms with Crippen LogP contribution in [-0.2, 0) is 8.56 Å². The summed E-state index contributed by atoms with van der Waals surface area (Å²) in [6.45, 7) is 0.857. The van der Waals surface area contributed by atoms with Gasteiger partial charge in [0.05, 0.1) is 0 Å². The molecule has 2 rings (SSSR count). The van der Waals surface area contributed by atoms with E-state index in [9.17, 15) is 0 Å². The molecule has 0 spiro atoms. The Morgan fingerprint density at radius 3 is 2.85 bits per heavy atom. The van der Waals surface area contributed by atoms with E-state index in [1.165, 1.54) is 4.46 Å². The van der Waals surface area contributed by atoms with Crippen molar-refractivity contribution in [1.82, 2.24) is 0 Å². The molecule has 70 valence electrons. The first kappa shape index (κ1) is 9.22. The minimum absolute atomic E-state index is 0.0557. The fourth-order valence-corrected chi connectivity index (χ4v) is 2.55. The van der Waals surface area contributed by atoms with Crippen LogP contribution < -0.4 is 4.46 Å². The van der Waals surface area contributed by atoms with Crippen LogP contribution in [-0.4, -0.2) is 28.2 Å². The van der Waals surface area contributed by atoms with E-state index in [0.717, 1.165) is 19.4 Å². The van der Waals surface area contributed by atoms with Gasteiger partial charge in [0.25, 0.3) is 0 Å². The van der Waals surface area contributed by atoms with Crippen molar-refractivity contribution in [2.75, 3.05) is 6.61 Å². The SMILES string of the molecule is c1ccc([Se]OC2CCCO2)cc1. The summed E-state index contributed by atoms with van der Waals surface area (Å²) in [5.74, 6) is 0. The molecule has 0 amide bonds. The molecule has 1 saturated heterocycles. The van der Waals surface area contributed by atoms with E-state index in [1.54, 1.807) is 0 Å². The van der Waals surface area contributed by atoms with Gasteiger partial charge < -0.3 is 0 Å². The second kappa shape index (κ2) is 4.77. The van der Waals surface area contributed by atoms with Crippen molar-refractivity contribution in [3.63, 3.8) is 0 Å². The summed E-state index contributed by atoms with van der Waals surface area (Å²) >= 11 is 0.107. The molecular weight excluding hydrogens is 231 g/mol. The molecule has 0 saturated carbocycles. The maximum absolute atomic E-state index is 5.63. The van der Waals surface area contributed by atoms with Crippen molar-refractivity contribution in [2.45, 2.75) is 19.1 Å². The van der Waals surface area contributed by atoms with Crippen molar-refractivity contribution < 1.29 is 8.56 Å². The van der Waals surface area contributed by atoms with E-state index in [1.807, 2.05) is 18.2 Å². The summed E-state index contributed by atoms with van der Waals surface area (Å²) in [5.41, 5.74) is 0. The fraction of sp³-hybridized carbons (Fsp3) is 0.400. The summed E-state index contributed by atoms with van der Waals surface area (Å²) in [7, 11) is 0. The Morgan fingerprint density at radius 2 is 2.15 bits per heavy atom. The predicted molar refractivity (Wildman–Crippen MR) is 51.9 cm³/mol. The molecule has 0 bridgehead atoms. The number of rotatable bonds is 3. The second-order valence-electron chi connectivity index (χ2n) is 2.94. The van der Waals surface area contributed by atoms with Gasteiger partial charge in [0, 0.05) is 0 Å². The Bertz CT molecular complexity index is 244. The van der Waals surface area contributed by atoms with Crippen LogP contribution in [0.15, 0.2) is 30.3 Å². The van der Waals surface area contributed by atoms with E-state index < -0.39 is 0 Å². The maximum atomic E-state index is 5.63. The van der Waals surface area contributed by atoms with Crippen LogP contribution in [0.1, 0.15) is 12.8 Å². The molecule has 0 radical (unpaired) electrons. The Labute approximate surface area is 84.7 Å². The fourth-order valence-electron chi connectivity index (χ4n) is 1.21. The quantitative estimate of drug-likeness (QED) is 0.740. The van der Waals surface area contributed by atoms with Gasteiger partial charge in [-0.2, -0.15) is 0 Å². The normalized spacial score (nSPS) is 22.0. The van der Waals surface area contributed by atoms with Gasteiger partial charge in [-0.25, -0.2) is 0 Å². The molecule has 0 aliphatic carbocycles. The molecular formula is C10H12O2Se. The van der Waals surface area contributed by atoms with Gasteiger partial charge in [0.15, 0.2) is 0 Å². The van der Waals surface area contributed by atoms with Gasteiger partial charge in [-0.15, -0.1) is 0 Å². The number of hydrogen-bond acceptors (Lipinski definition) is 2. The van der Waals surface area contributed by atoms with Crippen molar-refractivity contribution >= 4 is 19.7 Å². The van der Waals surface area contributed by atoms with E-state index in [-0.39, 0.29) is 21.6 Å². The first-order valence-corrected chi connectivity index (χ1v) is 6.01. The van der Waals surface area contributed by atoms with E-state index in [2.05, 4.69) is 12.1 Å². The molecule has 1 heterocycles. The summed E-state index contributed by atoms with van der Waals surface area (Å²) in [5, 5.41) is 0.